The van der Waals surface area contributed by atoms with E-state index in [1.807, 2.05) is 30.3 Å². The Hall–Kier alpha value is -6.84. The van der Waals surface area contributed by atoms with Gasteiger partial charge in [-0.05, 0) is 59.3 Å². The van der Waals surface area contributed by atoms with Crippen LogP contribution in [-0.4, -0.2) is 23.9 Å². The molecule has 0 saturated heterocycles. The van der Waals surface area contributed by atoms with E-state index in [-0.39, 0.29) is 0 Å². The highest BCUT2D eigenvalue weighted by atomic mass is 15.2. The summed E-state index contributed by atoms with van der Waals surface area (Å²) < 4.78 is 4.66. The van der Waals surface area contributed by atoms with Crippen LogP contribution in [0.4, 0.5) is 0 Å². The van der Waals surface area contributed by atoms with E-state index < -0.39 is 0 Å². The van der Waals surface area contributed by atoms with E-state index in [1.54, 1.807) is 12.3 Å². The van der Waals surface area contributed by atoms with Crippen LogP contribution in [0.25, 0.3) is 98.9 Å². The average molecular weight is 611 g/mol. The van der Waals surface area contributed by atoms with Gasteiger partial charge in [0.25, 0.3) is 0 Å². The molecule has 0 amide bonds. The van der Waals surface area contributed by atoms with Crippen LogP contribution in [0, 0.1) is 11.3 Å². The summed E-state index contributed by atoms with van der Waals surface area (Å²) >= 11 is 0. The van der Waals surface area contributed by atoms with E-state index >= 15 is 0 Å². The van der Waals surface area contributed by atoms with E-state index in [9.17, 15) is 5.26 Å². The zero-order valence-corrected chi connectivity index (χ0v) is 25.4. The third-order valence-corrected chi connectivity index (χ3v) is 9.90. The van der Waals surface area contributed by atoms with Crippen LogP contribution in [0.1, 0.15) is 5.56 Å². The van der Waals surface area contributed by atoms with Crippen molar-refractivity contribution in [3.8, 4) is 23.3 Å². The van der Waals surface area contributed by atoms with Crippen LogP contribution in [0.15, 0.2) is 134 Å². The molecule has 0 aliphatic carbocycles. The van der Waals surface area contributed by atoms with Crippen molar-refractivity contribution >= 4 is 81.7 Å². The van der Waals surface area contributed by atoms with E-state index in [2.05, 4.69) is 106 Å². The zero-order chi connectivity index (χ0) is 31.5. The van der Waals surface area contributed by atoms with Crippen LogP contribution in [0.5, 0.6) is 0 Å². The second-order valence-corrected chi connectivity index (χ2v) is 12.4. The first-order valence-electron chi connectivity index (χ1n) is 15.9. The van der Waals surface area contributed by atoms with Gasteiger partial charge in [0.2, 0.25) is 5.95 Å². The molecule has 0 fully saturated rings. The number of hydrogen-bond donors (Lipinski definition) is 0. The van der Waals surface area contributed by atoms with Crippen molar-refractivity contribution in [3.63, 3.8) is 0 Å². The first-order valence-corrected chi connectivity index (χ1v) is 15.9. The Morgan fingerprint density at radius 2 is 1.35 bits per heavy atom. The number of pyridine rings is 1. The maximum atomic E-state index is 9.69. The molecule has 0 aliphatic rings. The lowest BCUT2D eigenvalue weighted by molar-refractivity contribution is 1.01. The van der Waals surface area contributed by atoms with Gasteiger partial charge in [-0.15, -0.1) is 0 Å². The molecule has 220 valence electrons. The van der Waals surface area contributed by atoms with Crippen molar-refractivity contribution < 1.29 is 0 Å². The van der Waals surface area contributed by atoms with Crippen molar-refractivity contribution in [3.05, 3.63) is 139 Å². The quantitative estimate of drug-likeness (QED) is 0.195. The summed E-state index contributed by atoms with van der Waals surface area (Å²) in [5.41, 5.74) is 9.22. The van der Waals surface area contributed by atoms with Gasteiger partial charge in [0.15, 0.2) is 0 Å². The molecule has 5 heterocycles. The molecular weight excluding hydrogens is 589 g/mol. The van der Waals surface area contributed by atoms with E-state index in [1.165, 1.54) is 54.3 Å². The van der Waals surface area contributed by atoms with Crippen molar-refractivity contribution in [1.29, 1.82) is 5.26 Å². The number of hydrogen-bond acceptors (Lipinski definition) is 4. The number of fused-ring (bicyclic) bond motifs is 13. The monoisotopic (exact) mass is 610 g/mol. The van der Waals surface area contributed by atoms with Crippen LogP contribution in [0.2, 0.25) is 0 Å². The second-order valence-electron chi connectivity index (χ2n) is 12.4. The van der Waals surface area contributed by atoms with Crippen LogP contribution < -0.4 is 0 Å². The van der Waals surface area contributed by atoms with Gasteiger partial charge in [0.05, 0.1) is 44.7 Å². The summed E-state index contributed by atoms with van der Waals surface area (Å²) in [7, 11) is 0. The van der Waals surface area contributed by atoms with Gasteiger partial charge in [-0.25, -0.2) is 9.97 Å². The molecule has 0 bridgehead atoms. The summed E-state index contributed by atoms with van der Waals surface area (Å²) in [5.74, 6) is 0.561. The molecule has 0 unspecified atom stereocenters. The minimum absolute atomic E-state index is 0.561. The van der Waals surface area contributed by atoms with Gasteiger partial charge in [0.1, 0.15) is 11.2 Å². The third-order valence-electron chi connectivity index (χ3n) is 9.90. The Morgan fingerprint density at radius 3 is 2.25 bits per heavy atom. The van der Waals surface area contributed by atoms with Gasteiger partial charge in [-0.1, -0.05) is 78.9 Å². The molecule has 0 atom stereocenters. The topological polar surface area (TPSA) is 71.8 Å². The second kappa shape index (κ2) is 9.12. The molecule has 0 aliphatic heterocycles. The SMILES string of the molecule is N#Cc1cccc(-c2nc(-n3c4ccccc4c4c5c6c7ccccc7ccc6n6c7ccccc7c(cc43)c56)nc3cccnc23)c1. The standard InChI is InChI=1S/C42H22N6/c43-23-24-9-7-11-26(21-24)39-40-31(15-8-20-44-40)45-42(46-39)48-33-17-6-4-14-29(33)37-35(48)22-30-28-13-3-5-16-32(28)47-34-19-18-25-10-1-2-12-27(25)36(34)38(37)41(30)47/h1-22H. The molecule has 11 aromatic rings. The number of nitrogens with zero attached hydrogens (tertiary/aromatic N) is 6. The maximum Gasteiger partial charge on any atom is 0.235 e. The number of benzene rings is 6. The summed E-state index contributed by atoms with van der Waals surface area (Å²) in [6.07, 6.45) is 1.76. The summed E-state index contributed by atoms with van der Waals surface area (Å²) in [6, 6.07) is 46.5. The van der Waals surface area contributed by atoms with Gasteiger partial charge in [0, 0.05) is 44.1 Å². The molecule has 0 spiro atoms. The molecule has 0 N–H and O–H groups in total. The van der Waals surface area contributed by atoms with Gasteiger partial charge < -0.3 is 4.40 Å². The largest absolute Gasteiger partial charge is 0.308 e. The lowest BCUT2D eigenvalue weighted by atomic mass is 9.98. The molecule has 48 heavy (non-hydrogen) atoms. The average Bonchev–Trinajstić information content (AvgIpc) is 3.79. The minimum atomic E-state index is 0.561. The van der Waals surface area contributed by atoms with Crippen molar-refractivity contribution in [2.45, 2.75) is 0 Å². The number of aromatic nitrogens is 5. The highest BCUT2D eigenvalue weighted by Gasteiger charge is 2.26. The van der Waals surface area contributed by atoms with Gasteiger partial charge in [-0.3, -0.25) is 9.55 Å². The highest BCUT2D eigenvalue weighted by Crippen LogP contribution is 2.48. The van der Waals surface area contributed by atoms with Gasteiger partial charge in [-0.2, -0.15) is 5.26 Å². The summed E-state index contributed by atoms with van der Waals surface area (Å²) in [4.78, 5) is 15.1. The van der Waals surface area contributed by atoms with Crippen molar-refractivity contribution in [2.75, 3.05) is 0 Å². The number of rotatable bonds is 2. The maximum absolute atomic E-state index is 9.69. The molecular formula is C42H22N6. The van der Waals surface area contributed by atoms with Crippen LogP contribution in [0.3, 0.4) is 0 Å². The van der Waals surface area contributed by atoms with Crippen LogP contribution in [-0.2, 0) is 0 Å². The molecule has 6 heteroatoms. The molecule has 6 nitrogen and oxygen atoms in total. The Kier molecular flexibility index (Phi) is 4.82. The zero-order valence-electron chi connectivity index (χ0n) is 25.4. The summed E-state index contributed by atoms with van der Waals surface area (Å²) in [6.45, 7) is 0. The molecule has 6 aromatic carbocycles. The highest BCUT2D eigenvalue weighted by molar-refractivity contribution is 6.38. The van der Waals surface area contributed by atoms with Crippen molar-refractivity contribution in [1.82, 2.24) is 23.9 Å². The predicted octanol–water partition coefficient (Wildman–Crippen LogP) is 9.96. The number of para-hydroxylation sites is 2. The summed E-state index contributed by atoms with van der Waals surface area (Å²) in [5, 5.41) is 19.4. The first-order chi connectivity index (χ1) is 23.8. The molecule has 0 radical (unpaired) electrons. The first kappa shape index (κ1) is 25.4. The van der Waals surface area contributed by atoms with E-state index in [0.717, 1.165) is 27.5 Å². The smallest absolute Gasteiger partial charge is 0.235 e. The fourth-order valence-corrected chi connectivity index (χ4v) is 7.98. The molecule has 5 aromatic heterocycles. The Labute approximate surface area is 272 Å². The Balaban J connectivity index is 1.38. The Bertz CT molecular complexity index is 3200. The fourth-order valence-electron chi connectivity index (χ4n) is 7.98. The van der Waals surface area contributed by atoms with E-state index in [4.69, 9.17) is 15.0 Å². The fraction of sp³-hybridized carbons (Fsp3) is 0. The number of nitriles is 1. The lowest BCUT2D eigenvalue weighted by Gasteiger charge is -2.11. The third kappa shape index (κ3) is 3.17. The van der Waals surface area contributed by atoms with Crippen molar-refractivity contribution in [2.24, 2.45) is 0 Å². The minimum Gasteiger partial charge on any atom is -0.308 e. The molecule has 0 saturated carbocycles. The Morgan fingerprint density at radius 1 is 0.562 bits per heavy atom. The molecule has 11 rings (SSSR count). The normalized spacial score (nSPS) is 12.1. The lowest BCUT2D eigenvalue weighted by Crippen LogP contribution is -2.04. The predicted molar refractivity (Wildman–Crippen MR) is 194 cm³/mol. The van der Waals surface area contributed by atoms with Crippen LogP contribution >= 0.6 is 0 Å². The van der Waals surface area contributed by atoms with Gasteiger partial charge >= 0.3 is 0 Å². The van der Waals surface area contributed by atoms with E-state index in [0.29, 0.717) is 22.7 Å².